The topological polar surface area (TPSA) is 60.9 Å². The molecule has 0 unspecified atom stereocenters. The Balaban J connectivity index is 2.13. The van der Waals surface area contributed by atoms with E-state index in [2.05, 4.69) is 0 Å². The molecule has 2 aromatic carbocycles. The van der Waals surface area contributed by atoms with Crippen molar-refractivity contribution in [3.05, 3.63) is 62.4 Å². The van der Waals surface area contributed by atoms with Crippen LogP contribution < -0.4 is 11.3 Å². The molecule has 3 aromatic rings. The standard InChI is InChI=1S/C18H16ClN3O/c1-9-5-13(10(2)20)16-15(6-9)18(23)22-8-11-3-4-12(19)7-14(11)17(22)21-16/h3-7,10H,8,20H2,1-2H3/t10-/m1/s1. The van der Waals surface area contributed by atoms with E-state index in [1.165, 1.54) is 0 Å². The second kappa shape index (κ2) is 4.91. The highest BCUT2D eigenvalue weighted by Gasteiger charge is 2.24. The zero-order chi connectivity index (χ0) is 16.3. The minimum atomic E-state index is -0.187. The molecule has 0 fully saturated rings. The van der Waals surface area contributed by atoms with Crippen LogP contribution in [0.3, 0.4) is 0 Å². The van der Waals surface area contributed by atoms with E-state index in [1.54, 1.807) is 4.57 Å². The van der Waals surface area contributed by atoms with Crippen LogP contribution in [0.5, 0.6) is 0 Å². The van der Waals surface area contributed by atoms with Gasteiger partial charge in [0, 0.05) is 16.6 Å². The highest BCUT2D eigenvalue weighted by Crippen LogP contribution is 2.33. The molecule has 1 aliphatic heterocycles. The average molecular weight is 326 g/mol. The van der Waals surface area contributed by atoms with Crippen LogP contribution in [-0.4, -0.2) is 9.55 Å². The van der Waals surface area contributed by atoms with Crippen molar-refractivity contribution in [2.75, 3.05) is 0 Å². The lowest BCUT2D eigenvalue weighted by Gasteiger charge is -2.13. The highest BCUT2D eigenvalue weighted by atomic mass is 35.5. The van der Waals surface area contributed by atoms with Gasteiger partial charge in [0.2, 0.25) is 0 Å². The largest absolute Gasteiger partial charge is 0.324 e. The zero-order valence-corrected chi connectivity index (χ0v) is 13.7. The van der Waals surface area contributed by atoms with Crippen molar-refractivity contribution < 1.29 is 0 Å². The van der Waals surface area contributed by atoms with Crippen LogP contribution in [0.25, 0.3) is 22.3 Å². The van der Waals surface area contributed by atoms with Crippen LogP contribution in [-0.2, 0) is 6.54 Å². The van der Waals surface area contributed by atoms with Crippen LogP contribution in [0, 0.1) is 6.92 Å². The van der Waals surface area contributed by atoms with Crippen LogP contribution >= 0.6 is 11.6 Å². The number of hydrogen-bond acceptors (Lipinski definition) is 3. The second-order valence-electron chi connectivity index (χ2n) is 6.17. The summed E-state index contributed by atoms with van der Waals surface area (Å²) in [5, 5.41) is 1.27. The highest BCUT2D eigenvalue weighted by molar-refractivity contribution is 6.30. The number of benzene rings is 2. The summed E-state index contributed by atoms with van der Waals surface area (Å²) in [5.41, 5.74) is 10.7. The number of aryl methyl sites for hydroxylation is 1. The Hall–Kier alpha value is -2.17. The van der Waals surface area contributed by atoms with E-state index in [1.807, 2.05) is 44.2 Å². The van der Waals surface area contributed by atoms with Gasteiger partial charge in [-0.05, 0) is 48.7 Å². The number of rotatable bonds is 1. The van der Waals surface area contributed by atoms with Crippen molar-refractivity contribution in [1.29, 1.82) is 0 Å². The number of hydrogen-bond donors (Lipinski definition) is 1. The molecule has 0 spiro atoms. The lowest BCUT2D eigenvalue weighted by molar-refractivity contribution is 0.789. The molecule has 4 nitrogen and oxygen atoms in total. The van der Waals surface area contributed by atoms with Crippen LogP contribution in [0.1, 0.15) is 29.7 Å². The van der Waals surface area contributed by atoms with Crippen LogP contribution in [0.4, 0.5) is 0 Å². The van der Waals surface area contributed by atoms with Gasteiger partial charge in [-0.3, -0.25) is 9.36 Å². The summed E-state index contributed by atoms with van der Waals surface area (Å²) in [6.07, 6.45) is 0. The molecule has 2 N–H and O–H groups in total. The first-order valence-corrected chi connectivity index (χ1v) is 7.93. The Kier molecular flexibility index (Phi) is 3.08. The Morgan fingerprint density at radius 1 is 1.30 bits per heavy atom. The first-order valence-electron chi connectivity index (χ1n) is 7.55. The summed E-state index contributed by atoms with van der Waals surface area (Å²) in [7, 11) is 0. The third-order valence-electron chi connectivity index (χ3n) is 4.36. The van der Waals surface area contributed by atoms with Crippen molar-refractivity contribution in [2.24, 2.45) is 5.73 Å². The third-order valence-corrected chi connectivity index (χ3v) is 4.60. The van der Waals surface area contributed by atoms with Crippen molar-refractivity contribution in [1.82, 2.24) is 9.55 Å². The molecule has 1 atom stereocenters. The predicted molar refractivity (Wildman–Crippen MR) is 92.9 cm³/mol. The molecule has 1 aromatic heterocycles. The average Bonchev–Trinajstić information content (AvgIpc) is 2.86. The smallest absolute Gasteiger partial charge is 0.261 e. The maximum absolute atomic E-state index is 12.9. The molecule has 23 heavy (non-hydrogen) atoms. The summed E-state index contributed by atoms with van der Waals surface area (Å²) in [6.45, 7) is 4.41. The minimum absolute atomic E-state index is 0.0251. The Morgan fingerprint density at radius 3 is 2.83 bits per heavy atom. The fourth-order valence-electron chi connectivity index (χ4n) is 3.27. The quantitative estimate of drug-likeness (QED) is 0.583. The lowest BCUT2D eigenvalue weighted by atomic mass is 10.0. The molecule has 0 saturated carbocycles. The second-order valence-corrected chi connectivity index (χ2v) is 6.60. The van der Waals surface area contributed by atoms with Gasteiger partial charge < -0.3 is 5.73 Å². The van der Waals surface area contributed by atoms with Gasteiger partial charge in [0.05, 0.1) is 17.4 Å². The molecular formula is C18H16ClN3O. The number of aromatic nitrogens is 2. The van der Waals surface area contributed by atoms with E-state index in [0.717, 1.165) is 22.3 Å². The number of nitrogens with two attached hydrogens (primary N) is 1. The van der Waals surface area contributed by atoms with E-state index in [0.29, 0.717) is 28.3 Å². The van der Waals surface area contributed by atoms with Gasteiger partial charge >= 0.3 is 0 Å². The van der Waals surface area contributed by atoms with E-state index in [4.69, 9.17) is 22.3 Å². The molecular weight excluding hydrogens is 310 g/mol. The summed E-state index contributed by atoms with van der Waals surface area (Å²) in [5.74, 6) is 0.672. The summed E-state index contributed by atoms with van der Waals surface area (Å²) >= 11 is 6.12. The molecule has 0 saturated heterocycles. The van der Waals surface area contributed by atoms with E-state index in [9.17, 15) is 4.79 Å². The maximum Gasteiger partial charge on any atom is 0.261 e. The maximum atomic E-state index is 12.9. The molecule has 0 bridgehead atoms. The van der Waals surface area contributed by atoms with E-state index in [-0.39, 0.29) is 11.6 Å². The first kappa shape index (κ1) is 14.4. The SMILES string of the molecule is Cc1cc([C@@H](C)N)c2nc3n(c(=O)c2c1)Cc1ccc(Cl)cc1-3. The number of nitrogens with zero attached hydrogens (tertiary/aromatic N) is 2. The van der Waals surface area contributed by atoms with Gasteiger partial charge in [-0.2, -0.15) is 0 Å². The molecule has 2 heterocycles. The minimum Gasteiger partial charge on any atom is -0.324 e. The van der Waals surface area contributed by atoms with Crippen molar-refractivity contribution >= 4 is 22.5 Å². The number of fused-ring (bicyclic) bond motifs is 4. The molecule has 0 aliphatic carbocycles. The van der Waals surface area contributed by atoms with Gasteiger partial charge in [-0.25, -0.2) is 4.98 Å². The van der Waals surface area contributed by atoms with Crippen LogP contribution in [0.15, 0.2) is 35.1 Å². The van der Waals surface area contributed by atoms with Crippen LogP contribution in [0.2, 0.25) is 5.02 Å². The van der Waals surface area contributed by atoms with Crippen molar-refractivity contribution in [3.8, 4) is 11.4 Å². The molecule has 116 valence electrons. The Labute approximate surface area is 138 Å². The molecule has 0 radical (unpaired) electrons. The van der Waals surface area contributed by atoms with Gasteiger partial charge in [0.25, 0.3) is 5.56 Å². The molecule has 5 heteroatoms. The molecule has 4 rings (SSSR count). The summed E-state index contributed by atoms with van der Waals surface area (Å²) < 4.78 is 1.72. The van der Waals surface area contributed by atoms with E-state index < -0.39 is 0 Å². The van der Waals surface area contributed by atoms with Gasteiger partial charge in [0.15, 0.2) is 0 Å². The van der Waals surface area contributed by atoms with Gasteiger partial charge in [-0.15, -0.1) is 0 Å². The first-order chi connectivity index (χ1) is 11.0. The fraction of sp³-hybridized carbons (Fsp3) is 0.222. The van der Waals surface area contributed by atoms with E-state index >= 15 is 0 Å². The number of halogens is 1. The van der Waals surface area contributed by atoms with Crippen molar-refractivity contribution in [2.45, 2.75) is 26.4 Å². The Morgan fingerprint density at radius 2 is 2.09 bits per heavy atom. The van der Waals surface area contributed by atoms with Gasteiger partial charge in [0.1, 0.15) is 5.82 Å². The summed E-state index contributed by atoms with van der Waals surface area (Å²) in [4.78, 5) is 17.7. The monoisotopic (exact) mass is 325 g/mol. The lowest BCUT2D eigenvalue weighted by Crippen LogP contribution is -2.21. The fourth-order valence-corrected chi connectivity index (χ4v) is 3.44. The molecule has 1 aliphatic rings. The normalized spacial score (nSPS) is 13.9. The zero-order valence-electron chi connectivity index (χ0n) is 12.9. The molecule has 0 amide bonds. The summed E-state index contributed by atoms with van der Waals surface area (Å²) in [6, 6.07) is 9.37. The third kappa shape index (κ3) is 2.10. The van der Waals surface area contributed by atoms with Crippen molar-refractivity contribution in [3.63, 3.8) is 0 Å². The predicted octanol–water partition coefficient (Wildman–Crippen LogP) is 3.41. The van der Waals surface area contributed by atoms with Gasteiger partial charge in [-0.1, -0.05) is 23.7 Å². The Bertz CT molecular complexity index is 1020.